The zero-order chi connectivity index (χ0) is 15.3. The van der Waals surface area contributed by atoms with E-state index in [-0.39, 0.29) is 17.3 Å². The lowest BCUT2D eigenvalue weighted by Gasteiger charge is -2.27. The molecule has 0 aromatic rings. The Morgan fingerprint density at radius 3 is 1.95 bits per heavy atom. The summed E-state index contributed by atoms with van der Waals surface area (Å²) in [5.41, 5.74) is 0. The van der Waals surface area contributed by atoms with E-state index < -0.39 is 37.3 Å². The highest BCUT2D eigenvalue weighted by molar-refractivity contribution is 8.13. The Morgan fingerprint density at radius 2 is 1.53 bits per heavy atom. The maximum Gasteiger partial charge on any atom is 0.395 e. The molecule has 0 aromatic carbocycles. The molecule has 0 aromatic heterocycles. The van der Waals surface area contributed by atoms with Crippen LogP contribution in [0.4, 0.5) is 30.7 Å². The molecule has 0 heterocycles. The van der Waals surface area contributed by atoms with Crippen LogP contribution in [0.15, 0.2) is 0 Å². The molecule has 19 heavy (non-hydrogen) atoms. The number of hydrogen-bond acceptors (Lipinski definition) is 2. The third-order valence-corrected chi connectivity index (χ3v) is 3.25. The van der Waals surface area contributed by atoms with Gasteiger partial charge in [-0.3, -0.25) is 4.79 Å². The molecule has 0 unspecified atom stereocenters. The third-order valence-electron chi connectivity index (χ3n) is 2.14. The van der Waals surface area contributed by atoms with Crippen LogP contribution in [0.3, 0.4) is 0 Å². The van der Waals surface area contributed by atoms with Gasteiger partial charge < -0.3 is 0 Å². The molecule has 0 fully saturated rings. The van der Waals surface area contributed by atoms with Crippen LogP contribution in [0, 0.1) is 0 Å². The van der Waals surface area contributed by atoms with Crippen molar-refractivity contribution in [1.29, 1.82) is 0 Å². The predicted octanol–water partition coefficient (Wildman–Crippen LogP) is 4.66. The topological polar surface area (TPSA) is 17.1 Å². The van der Waals surface area contributed by atoms with E-state index in [0.29, 0.717) is 11.8 Å². The van der Waals surface area contributed by atoms with E-state index in [1.54, 1.807) is 6.92 Å². The van der Waals surface area contributed by atoms with Crippen LogP contribution in [0.2, 0.25) is 0 Å². The lowest BCUT2D eigenvalue weighted by atomic mass is 10.0. The van der Waals surface area contributed by atoms with Crippen molar-refractivity contribution in [1.82, 2.24) is 0 Å². The normalized spacial score (nSPS) is 13.7. The van der Waals surface area contributed by atoms with Crippen LogP contribution in [0.1, 0.15) is 32.6 Å². The lowest BCUT2D eigenvalue weighted by Crippen LogP contribution is -2.43. The molecule has 0 N–H and O–H groups in total. The average Bonchev–Trinajstić information content (AvgIpc) is 2.20. The van der Waals surface area contributed by atoms with Crippen LogP contribution in [-0.2, 0) is 4.79 Å². The van der Waals surface area contributed by atoms with Crippen LogP contribution in [-0.4, -0.2) is 28.9 Å². The molecule has 0 aliphatic carbocycles. The second-order valence-corrected chi connectivity index (χ2v) is 5.03. The monoisotopic (exact) mass is 314 g/mol. The Balaban J connectivity index is 4.32. The molecule has 114 valence electrons. The summed E-state index contributed by atoms with van der Waals surface area (Å²) >= 11 is 0.702. The van der Waals surface area contributed by atoms with E-state index >= 15 is 0 Å². The van der Waals surface area contributed by atoms with Gasteiger partial charge in [0.05, 0.1) is 0 Å². The Hall–Kier alpha value is -0.470. The minimum Gasteiger partial charge on any atom is -0.287 e. The largest absolute Gasteiger partial charge is 0.395 e. The molecule has 0 radical (unpaired) electrons. The van der Waals surface area contributed by atoms with Crippen molar-refractivity contribution in [3.8, 4) is 0 Å². The molecular weight excluding hydrogens is 301 g/mol. The van der Waals surface area contributed by atoms with Gasteiger partial charge >= 0.3 is 18.0 Å². The van der Waals surface area contributed by atoms with Crippen molar-refractivity contribution >= 4 is 16.9 Å². The SMILES string of the molecule is CCC(=O)SCCCC(F)(F)C(F)(F)CC(F)(F)F. The molecule has 9 heteroatoms. The quantitative estimate of drug-likeness (QED) is 0.502. The van der Waals surface area contributed by atoms with Crippen molar-refractivity contribution < 1.29 is 35.5 Å². The highest BCUT2D eigenvalue weighted by atomic mass is 32.2. The Labute approximate surface area is 109 Å². The Kier molecular flexibility index (Phi) is 6.64. The summed E-state index contributed by atoms with van der Waals surface area (Å²) in [6.07, 6.45) is -9.89. The maximum atomic E-state index is 13.0. The summed E-state index contributed by atoms with van der Waals surface area (Å²) < 4.78 is 86.9. The number of alkyl halides is 7. The molecule has 0 rings (SSSR count). The van der Waals surface area contributed by atoms with Gasteiger partial charge in [-0.2, -0.15) is 30.7 Å². The standard InChI is InChI=1S/C10H13F7OS/c1-2-7(18)19-5-3-4-8(11,12)9(13,14)6-10(15,16)17/h2-6H2,1H3. The fourth-order valence-corrected chi connectivity index (χ4v) is 1.87. The smallest absolute Gasteiger partial charge is 0.287 e. The molecule has 0 saturated heterocycles. The second-order valence-electron chi connectivity index (χ2n) is 3.88. The molecule has 0 atom stereocenters. The van der Waals surface area contributed by atoms with E-state index in [1.807, 2.05) is 0 Å². The predicted molar refractivity (Wildman–Crippen MR) is 57.6 cm³/mol. The van der Waals surface area contributed by atoms with Gasteiger partial charge in [0.15, 0.2) is 5.12 Å². The highest BCUT2D eigenvalue weighted by Gasteiger charge is 2.60. The summed E-state index contributed by atoms with van der Waals surface area (Å²) in [7, 11) is 0. The van der Waals surface area contributed by atoms with Crippen LogP contribution in [0.25, 0.3) is 0 Å². The number of thioether (sulfide) groups is 1. The number of carbonyl (C=O) groups is 1. The third kappa shape index (κ3) is 7.03. The lowest BCUT2D eigenvalue weighted by molar-refractivity contribution is -0.265. The molecule has 0 bridgehead atoms. The molecule has 0 saturated carbocycles. The highest BCUT2D eigenvalue weighted by Crippen LogP contribution is 2.44. The summed E-state index contributed by atoms with van der Waals surface area (Å²) in [4.78, 5) is 10.8. The Bertz CT molecular complexity index is 301. The van der Waals surface area contributed by atoms with E-state index in [2.05, 4.69) is 0 Å². The molecular formula is C10H13F7OS. The van der Waals surface area contributed by atoms with E-state index in [1.165, 1.54) is 0 Å². The number of rotatable bonds is 7. The molecule has 0 amide bonds. The summed E-state index contributed by atoms with van der Waals surface area (Å²) in [5.74, 6) is -9.99. The fourth-order valence-electron chi connectivity index (χ4n) is 1.15. The van der Waals surface area contributed by atoms with Gasteiger partial charge in [-0.1, -0.05) is 18.7 Å². The first-order valence-corrected chi connectivity index (χ1v) is 6.38. The number of carbonyl (C=O) groups excluding carboxylic acids is 1. The summed E-state index contributed by atoms with van der Waals surface area (Å²) in [6, 6.07) is 0. The fraction of sp³-hybridized carbons (Fsp3) is 0.900. The van der Waals surface area contributed by atoms with E-state index in [0.717, 1.165) is 0 Å². The zero-order valence-corrected chi connectivity index (χ0v) is 10.8. The van der Waals surface area contributed by atoms with Crippen molar-refractivity contribution in [3.63, 3.8) is 0 Å². The van der Waals surface area contributed by atoms with Gasteiger partial charge in [0.1, 0.15) is 6.42 Å². The molecule has 0 aliphatic heterocycles. The minimum atomic E-state index is -5.36. The molecule has 0 spiro atoms. The van der Waals surface area contributed by atoms with Gasteiger partial charge in [-0.05, 0) is 6.42 Å². The van der Waals surface area contributed by atoms with Gasteiger partial charge in [-0.25, -0.2) is 0 Å². The molecule has 0 aliphatic rings. The van der Waals surface area contributed by atoms with Gasteiger partial charge in [0.2, 0.25) is 0 Å². The second kappa shape index (κ2) is 6.81. The maximum absolute atomic E-state index is 13.0. The van der Waals surface area contributed by atoms with Gasteiger partial charge in [0.25, 0.3) is 0 Å². The van der Waals surface area contributed by atoms with Gasteiger partial charge in [0, 0.05) is 18.6 Å². The van der Waals surface area contributed by atoms with E-state index in [9.17, 15) is 35.5 Å². The van der Waals surface area contributed by atoms with Gasteiger partial charge in [-0.15, -0.1) is 0 Å². The van der Waals surface area contributed by atoms with Crippen molar-refractivity contribution in [2.24, 2.45) is 0 Å². The summed E-state index contributed by atoms with van der Waals surface area (Å²) in [5, 5.41) is -0.287. The number of hydrogen-bond donors (Lipinski definition) is 0. The number of halogens is 7. The van der Waals surface area contributed by atoms with Crippen molar-refractivity contribution in [3.05, 3.63) is 0 Å². The van der Waals surface area contributed by atoms with Crippen LogP contribution >= 0.6 is 11.8 Å². The van der Waals surface area contributed by atoms with Crippen LogP contribution in [0.5, 0.6) is 0 Å². The first-order chi connectivity index (χ1) is 8.41. The first-order valence-electron chi connectivity index (χ1n) is 5.39. The molecule has 1 nitrogen and oxygen atoms in total. The van der Waals surface area contributed by atoms with Crippen LogP contribution < -0.4 is 0 Å². The minimum absolute atomic E-state index is 0.121. The van der Waals surface area contributed by atoms with Crippen molar-refractivity contribution in [2.75, 3.05) is 5.75 Å². The first kappa shape index (κ1) is 18.5. The Morgan fingerprint density at radius 1 is 1.00 bits per heavy atom. The zero-order valence-electron chi connectivity index (χ0n) is 10.00. The van der Waals surface area contributed by atoms with E-state index in [4.69, 9.17) is 0 Å². The van der Waals surface area contributed by atoms with Crippen molar-refractivity contribution in [2.45, 2.75) is 50.6 Å². The summed E-state index contributed by atoms with van der Waals surface area (Å²) in [6.45, 7) is 1.54. The average molecular weight is 314 g/mol.